The fourth-order valence-corrected chi connectivity index (χ4v) is 3.28. The smallest absolute Gasteiger partial charge is 0.254 e. The number of benzene rings is 1. The predicted molar refractivity (Wildman–Crippen MR) is 93.6 cm³/mol. The van der Waals surface area contributed by atoms with E-state index in [0.717, 1.165) is 24.6 Å². The van der Waals surface area contributed by atoms with E-state index in [1.54, 1.807) is 11.6 Å². The number of nitrogens with zero attached hydrogens (tertiary/aromatic N) is 5. The Hall–Kier alpha value is -2.51. The van der Waals surface area contributed by atoms with Gasteiger partial charge in [-0.2, -0.15) is 14.6 Å². The highest BCUT2D eigenvalue weighted by Gasteiger charge is 2.25. The van der Waals surface area contributed by atoms with E-state index >= 15 is 0 Å². The lowest BCUT2D eigenvalue weighted by molar-refractivity contribution is 0.0390. The Kier molecular flexibility index (Phi) is 4.33. The molecule has 0 aliphatic carbocycles. The van der Waals surface area contributed by atoms with Crippen LogP contribution in [0.3, 0.4) is 0 Å². The second-order valence-corrected chi connectivity index (χ2v) is 6.17. The number of ether oxygens (including phenoxy) is 2. The summed E-state index contributed by atoms with van der Waals surface area (Å²) in [5.74, 6) is 1.56. The molecule has 0 amide bonds. The van der Waals surface area contributed by atoms with E-state index in [4.69, 9.17) is 9.47 Å². The van der Waals surface area contributed by atoms with Gasteiger partial charge in [-0.25, -0.2) is 4.98 Å². The summed E-state index contributed by atoms with van der Waals surface area (Å²) in [6.45, 7) is 4.79. The number of hydrogen-bond donors (Lipinski definition) is 0. The lowest BCUT2D eigenvalue weighted by Crippen LogP contribution is -2.39. The molecule has 1 aromatic carbocycles. The van der Waals surface area contributed by atoms with Gasteiger partial charge in [0.15, 0.2) is 0 Å². The molecular weight excluding hydrogens is 318 g/mol. The van der Waals surface area contributed by atoms with Crippen molar-refractivity contribution in [3.63, 3.8) is 0 Å². The molecule has 7 nitrogen and oxygen atoms in total. The van der Waals surface area contributed by atoms with Gasteiger partial charge >= 0.3 is 0 Å². The molecule has 3 aromatic rings. The Morgan fingerprint density at radius 2 is 2.20 bits per heavy atom. The number of aryl methyl sites for hydroxylation is 1. The molecule has 0 radical (unpaired) electrons. The second-order valence-electron chi connectivity index (χ2n) is 6.17. The molecule has 1 saturated heterocycles. The minimum Gasteiger partial charge on any atom is -0.378 e. The summed E-state index contributed by atoms with van der Waals surface area (Å²) >= 11 is 0. The van der Waals surface area contributed by atoms with Crippen molar-refractivity contribution in [2.24, 2.45) is 0 Å². The highest BCUT2D eigenvalue weighted by molar-refractivity contribution is 5.48. The molecule has 3 heterocycles. The molecule has 4 rings (SSSR count). The number of methoxy groups -OCH3 is 1. The zero-order valence-electron chi connectivity index (χ0n) is 14.4. The van der Waals surface area contributed by atoms with Gasteiger partial charge in [-0.1, -0.05) is 24.3 Å². The molecule has 0 bridgehead atoms. The number of morpholine rings is 1. The van der Waals surface area contributed by atoms with Crippen LogP contribution in [0.4, 0.5) is 5.82 Å². The van der Waals surface area contributed by atoms with Gasteiger partial charge < -0.3 is 14.4 Å². The number of fused-ring (bicyclic) bond motifs is 1. The van der Waals surface area contributed by atoms with Crippen LogP contribution < -0.4 is 4.90 Å². The number of anilines is 1. The Balaban J connectivity index is 1.68. The van der Waals surface area contributed by atoms with Crippen LogP contribution in [0.5, 0.6) is 0 Å². The fraction of sp³-hybridized carbons (Fsp3) is 0.389. The van der Waals surface area contributed by atoms with Crippen molar-refractivity contribution in [2.75, 3.05) is 31.7 Å². The first-order valence-corrected chi connectivity index (χ1v) is 8.37. The van der Waals surface area contributed by atoms with Crippen LogP contribution in [-0.2, 0) is 16.1 Å². The third-order valence-corrected chi connectivity index (χ3v) is 4.50. The Labute approximate surface area is 146 Å². The predicted octanol–water partition coefficient (Wildman–Crippen LogP) is 2.16. The SMILES string of the molecule is COCc1cc(N2CCOC(c3ccccc3C)C2)n2ncnc2n1. The van der Waals surface area contributed by atoms with Crippen molar-refractivity contribution >= 4 is 11.6 Å². The van der Waals surface area contributed by atoms with Gasteiger partial charge in [0, 0.05) is 26.3 Å². The van der Waals surface area contributed by atoms with Crippen LogP contribution in [-0.4, -0.2) is 46.4 Å². The highest BCUT2D eigenvalue weighted by Crippen LogP contribution is 2.28. The average molecular weight is 339 g/mol. The Morgan fingerprint density at radius 3 is 3.04 bits per heavy atom. The van der Waals surface area contributed by atoms with Gasteiger partial charge in [0.05, 0.1) is 18.9 Å². The molecule has 130 valence electrons. The van der Waals surface area contributed by atoms with Gasteiger partial charge in [-0.3, -0.25) is 0 Å². The van der Waals surface area contributed by atoms with Crippen LogP contribution in [0.2, 0.25) is 0 Å². The highest BCUT2D eigenvalue weighted by atomic mass is 16.5. The first-order chi connectivity index (χ1) is 12.3. The standard InChI is InChI=1S/C18H21N5O2/c1-13-5-3-4-6-15(13)16-10-22(7-8-25-16)17-9-14(11-24-2)21-18-19-12-20-23(17)18/h3-6,9,12,16H,7-8,10-11H2,1-2H3. The monoisotopic (exact) mass is 339 g/mol. The Bertz CT molecular complexity index is 879. The van der Waals surface area contributed by atoms with E-state index in [9.17, 15) is 0 Å². The van der Waals surface area contributed by atoms with Crippen LogP contribution in [0.15, 0.2) is 36.7 Å². The van der Waals surface area contributed by atoms with Crippen molar-refractivity contribution in [3.05, 3.63) is 53.5 Å². The molecule has 0 saturated carbocycles. The summed E-state index contributed by atoms with van der Waals surface area (Å²) in [7, 11) is 1.66. The topological polar surface area (TPSA) is 64.8 Å². The zero-order valence-corrected chi connectivity index (χ0v) is 14.4. The molecule has 25 heavy (non-hydrogen) atoms. The van der Waals surface area contributed by atoms with Gasteiger partial charge in [0.2, 0.25) is 0 Å². The molecule has 1 fully saturated rings. The number of aromatic nitrogens is 4. The maximum absolute atomic E-state index is 6.04. The molecule has 7 heteroatoms. The molecule has 2 aromatic heterocycles. The van der Waals surface area contributed by atoms with Gasteiger partial charge in [0.1, 0.15) is 18.2 Å². The molecule has 0 spiro atoms. The number of rotatable bonds is 4. The van der Waals surface area contributed by atoms with Crippen LogP contribution in [0.25, 0.3) is 5.78 Å². The minimum atomic E-state index is 0.0348. The maximum Gasteiger partial charge on any atom is 0.254 e. The van der Waals surface area contributed by atoms with E-state index in [1.807, 2.05) is 6.07 Å². The fourth-order valence-electron chi connectivity index (χ4n) is 3.28. The summed E-state index contributed by atoms with van der Waals surface area (Å²) in [5, 5.41) is 4.33. The first kappa shape index (κ1) is 16.0. The third-order valence-electron chi connectivity index (χ3n) is 4.50. The molecule has 0 N–H and O–H groups in total. The maximum atomic E-state index is 6.04. The number of hydrogen-bond acceptors (Lipinski definition) is 6. The summed E-state index contributed by atoms with van der Waals surface area (Å²) in [6, 6.07) is 10.4. The van der Waals surface area contributed by atoms with Gasteiger partial charge in [0.25, 0.3) is 5.78 Å². The van der Waals surface area contributed by atoms with E-state index in [1.165, 1.54) is 17.5 Å². The third kappa shape index (κ3) is 3.08. The largest absolute Gasteiger partial charge is 0.378 e. The van der Waals surface area contributed by atoms with Crippen LogP contribution >= 0.6 is 0 Å². The van der Waals surface area contributed by atoms with E-state index in [-0.39, 0.29) is 6.10 Å². The van der Waals surface area contributed by atoms with Crippen molar-refractivity contribution in [1.82, 2.24) is 19.6 Å². The van der Waals surface area contributed by atoms with Crippen molar-refractivity contribution in [3.8, 4) is 0 Å². The molecule has 1 atom stereocenters. The first-order valence-electron chi connectivity index (χ1n) is 8.37. The average Bonchev–Trinajstić information content (AvgIpc) is 3.10. The van der Waals surface area contributed by atoms with E-state index in [0.29, 0.717) is 19.0 Å². The second kappa shape index (κ2) is 6.78. The summed E-state index contributed by atoms with van der Waals surface area (Å²) in [5.41, 5.74) is 3.32. The molecule has 1 unspecified atom stereocenters. The summed E-state index contributed by atoms with van der Waals surface area (Å²) in [6.07, 6.45) is 1.56. The van der Waals surface area contributed by atoms with E-state index in [2.05, 4.69) is 51.2 Å². The van der Waals surface area contributed by atoms with Crippen molar-refractivity contribution in [1.29, 1.82) is 0 Å². The van der Waals surface area contributed by atoms with Gasteiger partial charge in [-0.05, 0) is 18.1 Å². The lowest BCUT2D eigenvalue weighted by Gasteiger charge is -2.35. The Morgan fingerprint density at radius 1 is 1.32 bits per heavy atom. The minimum absolute atomic E-state index is 0.0348. The van der Waals surface area contributed by atoms with Crippen molar-refractivity contribution < 1.29 is 9.47 Å². The molecule has 1 aliphatic heterocycles. The summed E-state index contributed by atoms with van der Waals surface area (Å²) in [4.78, 5) is 11.0. The quantitative estimate of drug-likeness (QED) is 0.726. The lowest BCUT2D eigenvalue weighted by atomic mass is 10.0. The van der Waals surface area contributed by atoms with Gasteiger partial charge in [-0.15, -0.1) is 0 Å². The molecule has 1 aliphatic rings. The zero-order chi connectivity index (χ0) is 17.2. The molecular formula is C18H21N5O2. The summed E-state index contributed by atoms with van der Waals surface area (Å²) < 4.78 is 13.1. The normalized spacial score (nSPS) is 18.0. The van der Waals surface area contributed by atoms with Crippen molar-refractivity contribution in [2.45, 2.75) is 19.6 Å². The van der Waals surface area contributed by atoms with Crippen LogP contribution in [0, 0.1) is 6.92 Å². The van der Waals surface area contributed by atoms with Crippen LogP contribution in [0.1, 0.15) is 22.9 Å². The van der Waals surface area contributed by atoms with E-state index < -0.39 is 0 Å².